The van der Waals surface area contributed by atoms with E-state index in [9.17, 15) is 0 Å². The number of aromatic nitrogens is 6. The summed E-state index contributed by atoms with van der Waals surface area (Å²) in [4.78, 5) is 28.7. The molecule has 0 saturated carbocycles. The van der Waals surface area contributed by atoms with Gasteiger partial charge in [-0.3, -0.25) is 0 Å². The van der Waals surface area contributed by atoms with Crippen LogP contribution in [0.3, 0.4) is 0 Å². The van der Waals surface area contributed by atoms with Crippen molar-refractivity contribution in [3.63, 3.8) is 0 Å². The van der Waals surface area contributed by atoms with Crippen molar-refractivity contribution in [2.75, 3.05) is 14.2 Å². The molecular weight excluding hydrogens is 519 g/mol. The fraction of sp³-hybridized carbons (Fsp3) is 0. The molecule has 0 bridgehead atoms. The largest absolute Gasteiger partial charge is 0.393 e. The highest BCUT2D eigenvalue weighted by Crippen LogP contribution is 2.29. The molecule has 1 aliphatic heterocycles. The van der Waals surface area contributed by atoms with E-state index in [1.165, 1.54) is 0 Å². The number of hydrogen-bond donors (Lipinski definition) is 0. The van der Waals surface area contributed by atoms with Crippen molar-refractivity contribution < 1.29 is 0 Å². The van der Waals surface area contributed by atoms with Crippen molar-refractivity contribution >= 4 is 55.2 Å². The molecule has 0 unspecified atom stereocenters. The Morgan fingerprint density at radius 1 is 0.310 bits per heavy atom. The van der Waals surface area contributed by atoms with E-state index in [1.54, 1.807) is 37.2 Å². The molecule has 0 aliphatic carbocycles. The molecule has 1 aliphatic rings. The number of hydrogen-bond acceptors (Lipinski definition) is 9. The van der Waals surface area contributed by atoms with Crippen molar-refractivity contribution in [3.05, 3.63) is 146 Å². The Labute approximate surface area is 245 Å². The second kappa shape index (κ2) is 11.5. The van der Waals surface area contributed by atoms with Crippen LogP contribution in [0.4, 0.5) is 17.8 Å². The standard InChI is InChI=1S/C30H24B3N9/c1-4-13-25(14-5-1)31-40(28-34-19-10-20-35-28)32(26-15-6-2-7-16-26)42(30-38-23-12-24-39-30)33(27-17-8-3-9-18-27)41(31)29-36-21-11-22-37-29/h1-24H. The van der Waals surface area contributed by atoms with Gasteiger partial charge in [-0.05, 0) is 34.6 Å². The predicted octanol–water partition coefficient (Wildman–Crippen LogP) is 2.08. The summed E-state index contributed by atoms with van der Waals surface area (Å²) in [5.41, 5.74) is 3.11. The Hall–Kier alpha value is -5.51. The third-order valence-electron chi connectivity index (χ3n) is 7.22. The lowest BCUT2D eigenvalue weighted by Crippen LogP contribution is -2.87. The Morgan fingerprint density at radius 3 is 0.786 bits per heavy atom. The van der Waals surface area contributed by atoms with Crippen molar-refractivity contribution in [1.82, 2.24) is 29.9 Å². The third-order valence-corrected chi connectivity index (χ3v) is 7.22. The van der Waals surface area contributed by atoms with Gasteiger partial charge in [0.2, 0.25) is 17.8 Å². The summed E-state index contributed by atoms with van der Waals surface area (Å²) in [5, 5.41) is 0. The topological polar surface area (TPSA) is 87.1 Å². The molecule has 6 aromatic rings. The van der Waals surface area contributed by atoms with Gasteiger partial charge in [0.1, 0.15) is 0 Å². The smallest absolute Gasteiger partial charge is 0.384 e. The summed E-state index contributed by atoms with van der Waals surface area (Å²) in [7, 11) is 0. The van der Waals surface area contributed by atoms with Crippen LogP contribution in [0.2, 0.25) is 0 Å². The van der Waals surface area contributed by atoms with E-state index in [1.807, 2.05) is 72.8 Å². The van der Waals surface area contributed by atoms with E-state index in [4.69, 9.17) is 29.9 Å². The molecule has 12 heteroatoms. The monoisotopic (exact) mass is 543 g/mol. The Kier molecular flexibility index (Phi) is 7.00. The average molecular weight is 543 g/mol. The molecule has 0 N–H and O–H groups in total. The summed E-state index contributed by atoms with van der Waals surface area (Å²) in [5.74, 6) is 1.65. The van der Waals surface area contributed by atoms with Gasteiger partial charge in [0, 0.05) is 37.2 Å². The van der Waals surface area contributed by atoms with Crippen LogP contribution in [-0.2, 0) is 0 Å². The lowest BCUT2D eigenvalue weighted by molar-refractivity contribution is 1.06. The van der Waals surface area contributed by atoms with E-state index >= 15 is 0 Å². The zero-order chi connectivity index (χ0) is 28.1. The molecule has 42 heavy (non-hydrogen) atoms. The van der Waals surface area contributed by atoms with Crippen LogP contribution < -0.4 is 30.6 Å². The van der Waals surface area contributed by atoms with E-state index in [0.29, 0.717) is 17.8 Å². The van der Waals surface area contributed by atoms with Crippen LogP contribution in [0.15, 0.2) is 146 Å². The molecule has 1 fully saturated rings. The molecule has 0 radical (unpaired) electrons. The first-order valence-corrected chi connectivity index (χ1v) is 13.7. The Bertz CT molecular complexity index is 1360. The van der Waals surface area contributed by atoms with Crippen LogP contribution >= 0.6 is 0 Å². The number of nitrogens with zero attached hydrogens (tertiary/aromatic N) is 9. The highest BCUT2D eigenvalue weighted by atomic mass is 15.4. The minimum atomic E-state index is -0.411. The van der Waals surface area contributed by atoms with Gasteiger partial charge in [0.05, 0.1) is 0 Å². The maximum atomic E-state index is 4.79. The maximum Gasteiger partial charge on any atom is 0.393 e. The summed E-state index contributed by atoms with van der Waals surface area (Å²) in [6, 6.07) is 36.5. The first kappa shape index (κ1) is 25.5. The van der Waals surface area contributed by atoms with Gasteiger partial charge >= 0.3 is 20.9 Å². The zero-order valence-corrected chi connectivity index (χ0v) is 22.6. The van der Waals surface area contributed by atoms with E-state index < -0.39 is 20.9 Å². The normalized spacial score (nSPS) is 13.4. The molecule has 7 rings (SSSR count). The van der Waals surface area contributed by atoms with Crippen LogP contribution in [0.25, 0.3) is 0 Å². The number of rotatable bonds is 6. The minimum Gasteiger partial charge on any atom is -0.384 e. The molecule has 1 saturated heterocycles. The van der Waals surface area contributed by atoms with E-state index in [0.717, 1.165) is 16.4 Å². The number of benzene rings is 3. The van der Waals surface area contributed by atoms with Gasteiger partial charge in [-0.25, -0.2) is 29.9 Å². The van der Waals surface area contributed by atoms with Crippen molar-refractivity contribution in [2.45, 2.75) is 0 Å². The van der Waals surface area contributed by atoms with Gasteiger partial charge in [-0.2, -0.15) is 0 Å². The number of anilines is 3. The van der Waals surface area contributed by atoms with Gasteiger partial charge in [-0.15, -0.1) is 0 Å². The summed E-state index contributed by atoms with van der Waals surface area (Å²) in [6.07, 6.45) is 10.6. The predicted molar refractivity (Wildman–Crippen MR) is 169 cm³/mol. The molecule has 0 atom stereocenters. The third kappa shape index (κ3) is 4.73. The van der Waals surface area contributed by atoms with Crippen LogP contribution in [0.1, 0.15) is 0 Å². The molecule has 0 spiro atoms. The van der Waals surface area contributed by atoms with Gasteiger partial charge in [0.25, 0.3) is 0 Å². The second-order valence-corrected chi connectivity index (χ2v) is 9.72. The lowest BCUT2D eigenvalue weighted by atomic mass is 9.38. The van der Waals surface area contributed by atoms with Gasteiger partial charge in [-0.1, -0.05) is 91.0 Å². The molecule has 4 heterocycles. The molecule has 3 aromatic heterocycles. The molecule has 3 aromatic carbocycles. The van der Waals surface area contributed by atoms with Crippen molar-refractivity contribution in [3.8, 4) is 0 Å². The maximum absolute atomic E-state index is 4.79. The fourth-order valence-corrected chi connectivity index (χ4v) is 5.57. The molecule has 9 nitrogen and oxygen atoms in total. The SMILES string of the molecule is c1ccc(B2N(c3ncccn3)B(c3ccccc3)N(c3ncccn3)B(c3ccccc3)N2c2ncccn2)cc1. The van der Waals surface area contributed by atoms with Crippen molar-refractivity contribution in [1.29, 1.82) is 0 Å². The zero-order valence-electron chi connectivity index (χ0n) is 22.6. The van der Waals surface area contributed by atoms with Crippen molar-refractivity contribution in [2.24, 2.45) is 0 Å². The van der Waals surface area contributed by atoms with E-state index in [-0.39, 0.29) is 0 Å². The first-order chi connectivity index (χ1) is 20.9. The van der Waals surface area contributed by atoms with Crippen LogP contribution in [0, 0.1) is 0 Å². The summed E-state index contributed by atoms with van der Waals surface area (Å²) < 4.78 is 6.62. The summed E-state index contributed by atoms with van der Waals surface area (Å²) >= 11 is 0. The van der Waals surface area contributed by atoms with Crippen LogP contribution in [-0.4, -0.2) is 50.9 Å². The minimum absolute atomic E-state index is 0.411. The first-order valence-electron chi connectivity index (χ1n) is 13.7. The Balaban J connectivity index is 1.59. The molecule has 0 amide bonds. The van der Waals surface area contributed by atoms with Gasteiger partial charge < -0.3 is 14.2 Å². The second-order valence-electron chi connectivity index (χ2n) is 9.72. The van der Waals surface area contributed by atoms with E-state index in [2.05, 4.69) is 50.6 Å². The lowest BCUT2D eigenvalue weighted by Gasteiger charge is -2.53. The molecule has 198 valence electrons. The summed E-state index contributed by atoms with van der Waals surface area (Å²) in [6.45, 7) is -1.23. The highest BCUT2D eigenvalue weighted by Gasteiger charge is 2.58. The molecular formula is C30H24B3N9. The van der Waals surface area contributed by atoms with Gasteiger partial charge in [0.15, 0.2) is 0 Å². The average Bonchev–Trinajstić information content (AvgIpc) is 3.09. The quantitative estimate of drug-likeness (QED) is 0.294. The Morgan fingerprint density at radius 2 is 0.548 bits per heavy atom. The fourth-order valence-electron chi connectivity index (χ4n) is 5.57. The highest BCUT2D eigenvalue weighted by molar-refractivity contribution is 7.14. The van der Waals surface area contributed by atoms with Crippen LogP contribution in [0.5, 0.6) is 0 Å².